The van der Waals surface area contributed by atoms with E-state index >= 15 is 0 Å². The quantitative estimate of drug-likeness (QED) is 0.320. The second kappa shape index (κ2) is 8.64. The second-order valence-corrected chi connectivity index (χ2v) is 7.97. The van der Waals surface area contributed by atoms with Crippen LogP contribution in [-0.2, 0) is 11.3 Å². The van der Waals surface area contributed by atoms with Crippen molar-refractivity contribution in [1.29, 1.82) is 0 Å². The molecule has 0 unspecified atom stereocenters. The average Bonchev–Trinajstić information content (AvgIpc) is 3.32. The van der Waals surface area contributed by atoms with Crippen molar-refractivity contribution in [3.8, 4) is 0 Å². The largest absolute Gasteiger partial charge is 0.309 e. The molecule has 0 bridgehead atoms. The predicted molar refractivity (Wildman–Crippen MR) is 119 cm³/mol. The summed E-state index contributed by atoms with van der Waals surface area (Å²) in [4.78, 5) is 49.8. The number of nitro groups is 1. The molecule has 168 valence electrons. The van der Waals surface area contributed by atoms with Crippen molar-refractivity contribution in [2.75, 3.05) is 5.32 Å². The van der Waals surface area contributed by atoms with Crippen molar-refractivity contribution in [1.82, 2.24) is 14.7 Å². The Bertz CT molecular complexity index is 1320. The van der Waals surface area contributed by atoms with Gasteiger partial charge < -0.3 is 5.32 Å². The molecule has 0 saturated carbocycles. The smallest absolute Gasteiger partial charge is 0.282 e. The molecule has 3 aromatic rings. The SMILES string of the molecule is C[C@@H](C(=O)Nc1ccnn1Cc1cccc(Cl)c1Cl)N1C(=O)c2cccc([N+](=O)[O-])c2C1=O. The molecule has 0 saturated heterocycles. The molecule has 33 heavy (non-hydrogen) atoms. The first-order valence-corrected chi connectivity index (χ1v) is 10.4. The van der Waals surface area contributed by atoms with Crippen molar-refractivity contribution >= 4 is 52.4 Å². The van der Waals surface area contributed by atoms with E-state index in [9.17, 15) is 24.5 Å². The van der Waals surface area contributed by atoms with Gasteiger partial charge in [0.25, 0.3) is 17.5 Å². The van der Waals surface area contributed by atoms with Gasteiger partial charge in [-0.05, 0) is 24.6 Å². The molecule has 1 aliphatic heterocycles. The van der Waals surface area contributed by atoms with Gasteiger partial charge in [-0.15, -0.1) is 0 Å². The molecule has 1 N–H and O–H groups in total. The summed E-state index contributed by atoms with van der Waals surface area (Å²) in [5.74, 6) is -2.05. The maximum absolute atomic E-state index is 12.9. The van der Waals surface area contributed by atoms with Crippen molar-refractivity contribution in [2.24, 2.45) is 0 Å². The molecular formula is C21H15Cl2N5O5. The van der Waals surface area contributed by atoms with Gasteiger partial charge in [0.2, 0.25) is 5.91 Å². The first-order valence-electron chi connectivity index (χ1n) is 9.61. The Kier molecular flexibility index (Phi) is 5.88. The molecule has 12 heteroatoms. The number of imide groups is 1. The zero-order valence-electron chi connectivity index (χ0n) is 17.0. The van der Waals surface area contributed by atoms with Gasteiger partial charge in [0, 0.05) is 12.1 Å². The molecular weight excluding hydrogens is 473 g/mol. The fourth-order valence-electron chi connectivity index (χ4n) is 3.53. The molecule has 3 amide bonds. The zero-order chi connectivity index (χ0) is 23.9. The normalized spacial score (nSPS) is 13.7. The van der Waals surface area contributed by atoms with Gasteiger partial charge in [0.15, 0.2) is 0 Å². The number of benzene rings is 2. The number of fused-ring (bicyclic) bond motifs is 1. The summed E-state index contributed by atoms with van der Waals surface area (Å²) in [6.45, 7) is 1.56. The maximum atomic E-state index is 12.9. The summed E-state index contributed by atoms with van der Waals surface area (Å²) in [7, 11) is 0. The van der Waals surface area contributed by atoms with Crippen LogP contribution in [0.1, 0.15) is 33.2 Å². The van der Waals surface area contributed by atoms with Crippen LogP contribution in [0.5, 0.6) is 0 Å². The zero-order valence-corrected chi connectivity index (χ0v) is 18.5. The summed E-state index contributed by atoms with van der Waals surface area (Å²) in [6.07, 6.45) is 1.46. The van der Waals surface area contributed by atoms with Crippen LogP contribution in [0.2, 0.25) is 10.0 Å². The maximum Gasteiger partial charge on any atom is 0.282 e. The van der Waals surface area contributed by atoms with Gasteiger partial charge in [-0.2, -0.15) is 5.10 Å². The van der Waals surface area contributed by atoms with Crippen LogP contribution in [0.3, 0.4) is 0 Å². The Morgan fingerprint density at radius 2 is 1.88 bits per heavy atom. The van der Waals surface area contributed by atoms with Gasteiger partial charge in [-0.3, -0.25) is 29.4 Å². The Hall–Kier alpha value is -3.76. The van der Waals surface area contributed by atoms with E-state index in [1.54, 1.807) is 18.2 Å². The van der Waals surface area contributed by atoms with Crippen LogP contribution in [0.15, 0.2) is 48.7 Å². The van der Waals surface area contributed by atoms with Gasteiger partial charge in [-0.1, -0.05) is 41.4 Å². The van der Waals surface area contributed by atoms with Crippen LogP contribution < -0.4 is 5.32 Å². The predicted octanol–water partition coefficient (Wildman–Crippen LogP) is 3.77. The molecule has 1 aromatic heterocycles. The number of rotatable bonds is 6. The number of hydrogen-bond donors (Lipinski definition) is 1. The van der Waals surface area contributed by atoms with Crippen molar-refractivity contribution < 1.29 is 19.3 Å². The van der Waals surface area contributed by atoms with Crippen LogP contribution in [0, 0.1) is 10.1 Å². The molecule has 0 spiro atoms. The minimum atomic E-state index is -1.24. The number of amides is 3. The highest BCUT2D eigenvalue weighted by Crippen LogP contribution is 2.32. The fourth-order valence-corrected chi connectivity index (χ4v) is 3.91. The van der Waals surface area contributed by atoms with Gasteiger partial charge in [-0.25, -0.2) is 4.68 Å². The van der Waals surface area contributed by atoms with Crippen molar-refractivity contribution in [3.63, 3.8) is 0 Å². The standard InChI is InChI=1S/C21H15Cl2N5O5/c1-11(27-20(30)13-5-3-7-15(28(32)33)17(13)21(27)31)19(29)25-16-8-9-24-26(16)10-12-4-2-6-14(22)18(12)23/h2-9,11H,10H2,1H3,(H,25,29)/t11-/m0/s1. The van der Waals surface area contributed by atoms with E-state index in [0.29, 0.717) is 26.3 Å². The van der Waals surface area contributed by atoms with E-state index in [0.717, 1.165) is 6.07 Å². The number of hydrogen-bond acceptors (Lipinski definition) is 6. The lowest BCUT2D eigenvalue weighted by molar-refractivity contribution is -0.385. The lowest BCUT2D eigenvalue weighted by Gasteiger charge is -2.21. The van der Waals surface area contributed by atoms with E-state index in [4.69, 9.17) is 23.2 Å². The molecule has 0 fully saturated rings. The molecule has 1 aliphatic rings. The molecule has 0 radical (unpaired) electrons. The summed E-state index contributed by atoms with van der Waals surface area (Å²) < 4.78 is 1.47. The van der Waals surface area contributed by atoms with Crippen LogP contribution >= 0.6 is 23.2 Å². The summed E-state index contributed by atoms with van der Waals surface area (Å²) >= 11 is 12.3. The number of nitrogens with one attached hydrogen (secondary N) is 1. The van der Waals surface area contributed by atoms with Crippen LogP contribution in [0.25, 0.3) is 0 Å². The summed E-state index contributed by atoms with van der Waals surface area (Å²) in [5.41, 5.74) is -0.260. The molecule has 2 heterocycles. The van der Waals surface area contributed by atoms with E-state index in [1.807, 2.05) is 0 Å². The third-order valence-corrected chi connectivity index (χ3v) is 6.07. The van der Waals surface area contributed by atoms with Gasteiger partial charge in [0.05, 0.1) is 33.3 Å². The second-order valence-electron chi connectivity index (χ2n) is 7.19. The average molecular weight is 488 g/mol. The highest BCUT2D eigenvalue weighted by molar-refractivity contribution is 6.42. The Morgan fingerprint density at radius 1 is 1.15 bits per heavy atom. The summed E-state index contributed by atoms with van der Waals surface area (Å²) in [5, 5.41) is 18.8. The number of anilines is 1. The number of aromatic nitrogens is 2. The highest BCUT2D eigenvalue weighted by Gasteiger charge is 2.44. The number of nitrogens with zero attached hydrogens (tertiary/aromatic N) is 4. The number of halogens is 2. The molecule has 2 aromatic carbocycles. The lowest BCUT2D eigenvalue weighted by Crippen LogP contribution is -2.45. The third kappa shape index (κ3) is 3.94. The number of carbonyl (C=O) groups is 3. The first kappa shape index (κ1) is 22.4. The molecule has 4 rings (SSSR count). The van der Waals surface area contributed by atoms with Gasteiger partial charge >= 0.3 is 0 Å². The minimum absolute atomic E-state index is 0.116. The molecule has 1 atom stereocenters. The van der Waals surface area contributed by atoms with E-state index < -0.39 is 34.4 Å². The van der Waals surface area contributed by atoms with Crippen LogP contribution in [0.4, 0.5) is 11.5 Å². The Balaban J connectivity index is 1.55. The monoisotopic (exact) mass is 487 g/mol. The van der Waals surface area contributed by atoms with Crippen molar-refractivity contribution in [3.05, 3.63) is 85.5 Å². The van der Waals surface area contributed by atoms with Gasteiger partial charge in [0.1, 0.15) is 17.4 Å². The lowest BCUT2D eigenvalue weighted by atomic mass is 10.1. The van der Waals surface area contributed by atoms with E-state index in [2.05, 4.69) is 10.4 Å². The van der Waals surface area contributed by atoms with Crippen molar-refractivity contribution in [2.45, 2.75) is 19.5 Å². The fraction of sp³-hybridized carbons (Fsp3) is 0.143. The Morgan fingerprint density at radius 3 is 2.61 bits per heavy atom. The highest BCUT2D eigenvalue weighted by atomic mass is 35.5. The van der Waals surface area contributed by atoms with E-state index in [1.165, 1.54) is 36.0 Å². The minimum Gasteiger partial charge on any atom is -0.309 e. The van der Waals surface area contributed by atoms with Crippen LogP contribution in [-0.4, -0.2) is 43.4 Å². The van der Waals surface area contributed by atoms with E-state index in [-0.39, 0.29) is 17.7 Å². The molecule has 10 nitrogen and oxygen atoms in total. The number of nitro benzene ring substituents is 1. The number of carbonyl (C=O) groups excluding carboxylic acids is 3. The first-order chi connectivity index (χ1) is 15.7. The summed E-state index contributed by atoms with van der Waals surface area (Å²) in [6, 6.07) is 9.20. The Labute approximate surface area is 196 Å². The topological polar surface area (TPSA) is 127 Å². The molecule has 0 aliphatic carbocycles. The third-order valence-electron chi connectivity index (χ3n) is 5.21.